The number of carbonyl (C=O) groups is 4. The summed E-state index contributed by atoms with van der Waals surface area (Å²) in [6.45, 7) is 1.13. The summed E-state index contributed by atoms with van der Waals surface area (Å²) in [7, 11) is 0. The molecule has 1 unspecified atom stereocenters. The largest absolute Gasteiger partial charge is 0.481 e. The van der Waals surface area contributed by atoms with Crippen LogP contribution in [0.4, 0.5) is 13.2 Å². The lowest BCUT2D eigenvalue weighted by Crippen LogP contribution is -2.41. The highest BCUT2D eigenvalue weighted by molar-refractivity contribution is 7.99. The Bertz CT molecular complexity index is 753. The van der Waals surface area contributed by atoms with Crippen molar-refractivity contribution in [3.05, 3.63) is 35.4 Å². The molecule has 1 amide bonds. The summed E-state index contributed by atoms with van der Waals surface area (Å²) in [6, 6.07) is 2.42. The predicted octanol–water partition coefficient (Wildman–Crippen LogP) is 2.30. The molecule has 7 nitrogen and oxygen atoms in total. The van der Waals surface area contributed by atoms with E-state index in [0.717, 1.165) is 36.9 Å². The molecule has 0 radical (unpaired) electrons. The van der Waals surface area contributed by atoms with E-state index in [4.69, 9.17) is 10.2 Å². The minimum atomic E-state index is -4.65. The monoisotopic (exact) mass is 421 g/mol. The fourth-order valence-electron chi connectivity index (χ4n) is 2.27. The van der Waals surface area contributed by atoms with E-state index in [9.17, 15) is 32.3 Å². The first-order chi connectivity index (χ1) is 12.9. The Morgan fingerprint density at radius 2 is 1.79 bits per heavy atom. The number of carboxylic acid groups (broad SMARTS) is 2. The maximum atomic E-state index is 12.8. The van der Waals surface area contributed by atoms with Gasteiger partial charge in [-0.3, -0.25) is 14.4 Å². The van der Waals surface area contributed by atoms with Crippen molar-refractivity contribution in [3.63, 3.8) is 0 Å². The van der Waals surface area contributed by atoms with Crippen molar-refractivity contribution in [2.45, 2.75) is 25.6 Å². The Kier molecular flexibility index (Phi) is 8.48. The second-order valence-electron chi connectivity index (χ2n) is 5.87. The van der Waals surface area contributed by atoms with Gasteiger partial charge in [-0.25, -0.2) is 4.79 Å². The van der Waals surface area contributed by atoms with Crippen molar-refractivity contribution in [2.75, 3.05) is 11.5 Å². The normalized spacial score (nSPS) is 13.4. The summed E-state index contributed by atoms with van der Waals surface area (Å²) in [5.74, 6) is -5.41. The fourth-order valence-corrected chi connectivity index (χ4v) is 3.42. The molecule has 0 saturated heterocycles. The molecule has 2 atom stereocenters. The lowest BCUT2D eigenvalue weighted by Gasteiger charge is -2.17. The quantitative estimate of drug-likeness (QED) is 0.496. The van der Waals surface area contributed by atoms with Crippen LogP contribution in [-0.4, -0.2) is 51.4 Å². The van der Waals surface area contributed by atoms with Gasteiger partial charge < -0.3 is 15.5 Å². The molecule has 0 aromatic heterocycles. The van der Waals surface area contributed by atoms with Gasteiger partial charge in [0.15, 0.2) is 5.78 Å². The first-order valence-electron chi connectivity index (χ1n) is 7.92. The van der Waals surface area contributed by atoms with Gasteiger partial charge in [0.1, 0.15) is 6.04 Å². The SMILES string of the molecule is CC(=O)N[C@@H](CSCC(CC(=O)O)C(=O)c1cccc(C(F)(F)F)c1)C(=O)O. The number of carboxylic acids is 2. The number of carbonyl (C=O) groups excluding carboxylic acids is 2. The number of aliphatic carboxylic acids is 2. The molecule has 0 spiro atoms. The molecule has 1 rings (SSSR count). The summed E-state index contributed by atoms with van der Waals surface area (Å²) in [5.41, 5.74) is -1.31. The van der Waals surface area contributed by atoms with Crippen LogP contribution in [0.15, 0.2) is 24.3 Å². The van der Waals surface area contributed by atoms with Gasteiger partial charge in [-0.2, -0.15) is 24.9 Å². The summed E-state index contributed by atoms with van der Waals surface area (Å²) < 4.78 is 38.4. The summed E-state index contributed by atoms with van der Waals surface area (Å²) in [5, 5.41) is 20.2. The molecule has 0 fully saturated rings. The average molecular weight is 421 g/mol. The van der Waals surface area contributed by atoms with E-state index >= 15 is 0 Å². The average Bonchev–Trinajstić information content (AvgIpc) is 2.58. The summed E-state index contributed by atoms with van der Waals surface area (Å²) >= 11 is 0.913. The van der Waals surface area contributed by atoms with Crippen molar-refractivity contribution >= 4 is 35.4 Å². The van der Waals surface area contributed by atoms with Gasteiger partial charge in [0, 0.05) is 29.9 Å². The highest BCUT2D eigenvalue weighted by atomic mass is 32.2. The second kappa shape index (κ2) is 10.1. The number of rotatable bonds is 10. The molecule has 3 N–H and O–H groups in total. The Hall–Kier alpha value is -2.56. The van der Waals surface area contributed by atoms with E-state index in [1.165, 1.54) is 0 Å². The van der Waals surface area contributed by atoms with E-state index in [2.05, 4.69) is 5.32 Å². The van der Waals surface area contributed by atoms with Crippen molar-refractivity contribution in [1.82, 2.24) is 5.32 Å². The smallest absolute Gasteiger partial charge is 0.416 e. The number of ketones is 1. The highest BCUT2D eigenvalue weighted by Crippen LogP contribution is 2.30. The van der Waals surface area contributed by atoms with E-state index in [1.54, 1.807) is 0 Å². The number of benzene rings is 1. The van der Waals surface area contributed by atoms with Gasteiger partial charge in [0.05, 0.1) is 12.0 Å². The highest BCUT2D eigenvalue weighted by Gasteiger charge is 2.32. The third kappa shape index (κ3) is 7.59. The van der Waals surface area contributed by atoms with Crippen LogP contribution in [0.5, 0.6) is 0 Å². The van der Waals surface area contributed by atoms with Gasteiger partial charge in [-0.1, -0.05) is 12.1 Å². The van der Waals surface area contributed by atoms with Gasteiger partial charge in [-0.05, 0) is 12.1 Å². The number of thioether (sulfide) groups is 1. The lowest BCUT2D eigenvalue weighted by atomic mass is 9.95. The lowest BCUT2D eigenvalue weighted by molar-refractivity contribution is -0.141. The topological polar surface area (TPSA) is 121 Å². The van der Waals surface area contributed by atoms with Gasteiger partial charge in [0.2, 0.25) is 5.91 Å². The number of halogens is 3. The maximum absolute atomic E-state index is 12.8. The standard InChI is InChI=1S/C17H18F3NO6S/c1-9(22)21-13(16(26)27)8-28-7-11(6-14(23)24)15(25)10-3-2-4-12(5-10)17(18,19)20/h2-5,11,13H,6-8H2,1H3,(H,21,22)(H,23,24)(H,26,27)/t11?,13-/m0/s1. The van der Waals surface area contributed by atoms with Crippen molar-refractivity contribution in [3.8, 4) is 0 Å². The molecular formula is C17H18F3NO6S. The van der Waals surface area contributed by atoms with E-state index in [-0.39, 0.29) is 17.1 Å². The Labute approximate surface area is 162 Å². The minimum absolute atomic E-state index is 0.134. The number of amides is 1. The van der Waals surface area contributed by atoms with E-state index < -0.39 is 53.7 Å². The fraction of sp³-hybridized carbons (Fsp3) is 0.412. The first kappa shape index (κ1) is 23.5. The van der Waals surface area contributed by atoms with Crippen LogP contribution in [0.3, 0.4) is 0 Å². The van der Waals surface area contributed by atoms with Crippen LogP contribution in [0, 0.1) is 5.92 Å². The van der Waals surface area contributed by atoms with Crippen LogP contribution in [-0.2, 0) is 20.6 Å². The van der Waals surface area contributed by atoms with Gasteiger partial charge >= 0.3 is 18.1 Å². The summed E-state index contributed by atoms with van der Waals surface area (Å²) in [6.07, 6.45) is -5.28. The van der Waals surface area contributed by atoms with Crippen molar-refractivity contribution in [2.24, 2.45) is 5.92 Å². The van der Waals surface area contributed by atoms with E-state index in [1.807, 2.05) is 0 Å². The van der Waals surface area contributed by atoms with Gasteiger partial charge in [0.25, 0.3) is 0 Å². The van der Waals surface area contributed by atoms with Crippen LogP contribution in [0.25, 0.3) is 0 Å². The Morgan fingerprint density at radius 3 is 2.29 bits per heavy atom. The molecule has 154 valence electrons. The molecule has 0 aliphatic heterocycles. The van der Waals surface area contributed by atoms with Crippen LogP contribution < -0.4 is 5.32 Å². The predicted molar refractivity (Wildman–Crippen MR) is 94.1 cm³/mol. The number of nitrogens with one attached hydrogen (secondary N) is 1. The minimum Gasteiger partial charge on any atom is -0.481 e. The zero-order valence-corrected chi connectivity index (χ0v) is 15.5. The zero-order chi connectivity index (χ0) is 21.5. The van der Waals surface area contributed by atoms with Crippen LogP contribution >= 0.6 is 11.8 Å². The Morgan fingerprint density at radius 1 is 1.14 bits per heavy atom. The molecule has 0 bridgehead atoms. The second-order valence-corrected chi connectivity index (χ2v) is 6.94. The maximum Gasteiger partial charge on any atom is 0.416 e. The third-order valence-corrected chi connectivity index (χ3v) is 4.75. The number of hydrogen-bond acceptors (Lipinski definition) is 5. The van der Waals surface area contributed by atoms with Crippen molar-refractivity contribution in [1.29, 1.82) is 0 Å². The molecular weight excluding hydrogens is 403 g/mol. The number of Topliss-reactive ketones (excluding diaryl/α,β-unsaturated/α-hetero) is 1. The number of alkyl halides is 3. The molecule has 0 heterocycles. The molecule has 0 aliphatic carbocycles. The molecule has 28 heavy (non-hydrogen) atoms. The van der Waals surface area contributed by atoms with Crippen LogP contribution in [0.2, 0.25) is 0 Å². The molecule has 1 aromatic carbocycles. The van der Waals surface area contributed by atoms with Crippen molar-refractivity contribution < 1.29 is 42.6 Å². The number of hydrogen-bond donors (Lipinski definition) is 3. The molecule has 1 aromatic rings. The molecule has 0 saturated carbocycles. The molecule has 11 heteroatoms. The van der Waals surface area contributed by atoms with Gasteiger partial charge in [-0.15, -0.1) is 0 Å². The third-order valence-electron chi connectivity index (χ3n) is 3.55. The first-order valence-corrected chi connectivity index (χ1v) is 9.08. The van der Waals surface area contributed by atoms with E-state index in [0.29, 0.717) is 6.07 Å². The van der Waals surface area contributed by atoms with Crippen LogP contribution in [0.1, 0.15) is 29.3 Å². The molecule has 0 aliphatic rings. The zero-order valence-electron chi connectivity index (χ0n) is 14.7. The summed E-state index contributed by atoms with van der Waals surface area (Å²) in [4.78, 5) is 45.6. The Balaban J connectivity index is 2.90.